The number of carboxylic acid groups (broad SMARTS) is 4. The van der Waals surface area contributed by atoms with Crippen LogP contribution in [0.4, 0.5) is 0 Å². The van der Waals surface area contributed by atoms with Gasteiger partial charge in [0.25, 0.3) is 0 Å². The van der Waals surface area contributed by atoms with Crippen LogP contribution in [0, 0.1) is 13.8 Å². The van der Waals surface area contributed by atoms with Gasteiger partial charge < -0.3 is 29.9 Å². The molecule has 0 aliphatic heterocycles. The van der Waals surface area contributed by atoms with E-state index in [1.165, 1.54) is 13.8 Å². The first-order valence-corrected chi connectivity index (χ1v) is 12.9. The van der Waals surface area contributed by atoms with Gasteiger partial charge in [-0.1, -0.05) is 0 Å². The van der Waals surface area contributed by atoms with E-state index in [4.69, 9.17) is 20.4 Å². The molecule has 0 fully saturated rings. The SMILES string of the molecule is Cc1cc(C(=O)OC(=O)c2cc(C)ncc2C(=O)O)c(C(=O)O)cn1.O=C(O)c1ccncc1C(=O)OC(=O)c1cnccc1C(=O)O. The molecule has 18 heteroatoms. The van der Waals surface area contributed by atoms with Crippen LogP contribution in [-0.2, 0) is 9.47 Å². The van der Waals surface area contributed by atoms with E-state index in [0.29, 0.717) is 11.4 Å². The summed E-state index contributed by atoms with van der Waals surface area (Å²) in [5.41, 5.74) is -2.59. The fourth-order valence-corrected chi connectivity index (χ4v) is 3.67. The van der Waals surface area contributed by atoms with E-state index in [9.17, 15) is 38.4 Å². The number of carbonyl (C=O) groups excluding carboxylic acids is 4. The van der Waals surface area contributed by atoms with E-state index >= 15 is 0 Å². The zero-order valence-electron chi connectivity index (χ0n) is 24.4. The Morgan fingerprint density at radius 2 is 0.771 bits per heavy atom. The summed E-state index contributed by atoms with van der Waals surface area (Å²) in [5.74, 6) is -10.6. The van der Waals surface area contributed by atoms with Gasteiger partial charge in [-0.2, -0.15) is 0 Å². The molecule has 4 aromatic heterocycles. The summed E-state index contributed by atoms with van der Waals surface area (Å²) >= 11 is 0. The van der Waals surface area contributed by atoms with E-state index in [0.717, 1.165) is 61.4 Å². The first-order chi connectivity index (χ1) is 22.6. The summed E-state index contributed by atoms with van der Waals surface area (Å²) in [5, 5.41) is 36.1. The monoisotopic (exact) mass is 660 g/mol. The Bertz CT molecular complexity index is 1870. The third-order valence-corrected chi connectivity index (χ3v) is 5.90. The third-order valence-electron chi connectivity index (χ3n) is 5.90. The molecule has 0 amide bonds. The quantitative estimate of drug-likeness (QED) is 0.156. The molecule has 0 saturated carbocycles. The molecule has 18 nitrogen and oxygen atoms in total. The van der Waals surface area contributed by atoms with Crippen molar-refractivity contribution in [1.82, 2.24) is 19.9 Å². The summed E-state index contributed by atoms with van der Waals surface area (Å²) in [7, 11) is 0. The fourth-order valence-electron chi connectivity index (χ4n) is 3.67. The van der Waals surface area contributed by atoms with Crippen molar-refractivity contribution in [1.29, 1.82) is 0 Å². The smallest absolute Gasteiger partial charge is 0.348 e. The van der Waals surface area contributed by atoms with Crippen molar-refractivity contribution in [3.8, 4) is 0 Å². The standard InChI is InChI=1S/C16H12N2O7.C14H8N2O7/c1-7-3-9(11(5-17-7)13(19)20)15(23)25-16(24)10-4-8(2)18-6-12(10)14(21)22;17-11(18)7-1-3-15-5-9(7)13(21)23-14(22)10-6-16-4-2-8(10)12(19)20/h3-6H,1-2H3,(H,19,20)(H,21,22);1-6H,(H,17,18)(H,19,20). The van der Waals surface area contributed by atoms with Crippen LogP contribution >= 0.6 is 0 Å². The van der Waals surface area contributed by atoms with Crippen molar-refractivity contribution in [3.63, 3.8) is 0 Å². The number of aromatic nitrogens is 4. The van der Waals surface area contributed by atoms with Gasteiger partial charge in [0.1, 0.15) is 0 Å². The number of ether oxygens (including phenoxy) is 2. The van der Waals surface area contributed by atoms with Gasteiger partial charge in [0, 0.05) is 48.6 Å². The minimum Gasteiger partial charge on any atom is -0.478 e. The van der Waals surface area contributed by atoms with Crippen LogP contribution in [0.1, 0.15) is 94.3 Å². The number of aromatic carboxylic acids is 4. The highest BCUT2D eigenvalue weighted by molar-refractivity contribution is 6.11. The Hall–Kier alpha value is -7.24. The van der Waals surface area contributed by atoms with E-state index in [2.05, 4.69) is 29.4 Å². The molecule has 0 unspecified atom stereocenters. The van der Waals surface area contributed by atoms with Crippen molar-refractivity contribution < 1.29 is 68.3 Å². The van der Waals surface area contributed by atoms with Crippen molar-refractivity contribution >= 4 is 47.8 Å². The second-order valence-corrected chi connectivity index (χ2v) is 9.16. The topological polar surface area (TPSA) is 288 Å². The summed E-state index contributed by atoms with van der Waals surface area (Å²) < 4.78 is 9.17. The maximum atomic E-state index is 12.2. The fraction of sp³-hybridized carbons (Fsp3) is 0.0667. The maximum absolute atomic E-state index is 12.2. The number of carbonyl (C=O) groups is 8. The largest absolute Gasteiger partial charge is 0.478 e. The van der Waals surface area contributed by atoms with Crippen LogP contribution in [0.2, 0.25) is 0 Å². The molecule has 0 radical (unpaired) electrons. The van der Waals surface area contributed by atoms with Crippen LogP contribution in [0.15, 0.2) is 61.4 Å². The minimum atomic E-state index is -1.42. The lowest BCUT2D eigenvalue weighted by atomic mass is 10.1. The second kappa shape index (κ2) is 15.2. The maximum Gasteiger partial charge on any atom is 0.348 e. The number of nitrogens with zero attached hydrogens (tertiary/aromatic N) is 4. The number of rotatable bonds is 8. The molecule has 4 rings (SSSR count). The van der Waals surface area contributed by atoms with Crippen molar-refractivity contribution in [2.24, 2.45) is 0 Å². The molecule has 244 valence electrons. The lowest BCUT2D eigenvalue weighted by molar-refractivity contribution is 0.0374. The number of aryl methyl sites for hydroxylation is 2. The normalized spacial score (nSPS) is 10.0. The molecule has 0 aromatic carbocycles. The molecule has 48 heavy (non-hydrogen) atoms. The second-order valence-electron chi connectivity index (χ2n) is 9.16. The molecule has 0 saturated heterocycles. The van der Waals surface area contributed by atoms with E-state index in [-0.39, 0.29) is 11.1 Å². The predicted octanol–water partition coefficient (Wildman–Crippen LogP) is 2.36. The Morgan fingerprint density at radius 3 is 1.08 bits per heavy atom. The zero-order valence-corrected chi connectivity index (χ0v) is 24.4. The number of carboxylic acids is 4. The summed E-state index contributed by atoms with van der Waals surface area (Å²) in [6, 6.07) is 4.45. The molecule has 0 bridgehead atoms. The Morgan fingerprint density at radius 1 is 0.458 bits per heavy atom. The first-order valence-electron chi connectivity index (χ1n) is 12.9. The first kappa shape index (κ1) is 35.2. The van der Waals surface area contributed by atoms with E-state index < -0.39 is 81.1 Å². The summed E-state index contributed by atoms with van der Waals surface area (Å²) in [4.78, 5) is 107. The third kappa shape index (κ3) is 8.47. The number of hydrogen-bond donors (Lipinski definition) is 4. The number of esters is 4. The van der Waals surface area contributed by atoms with E-state index in [1.807, 2.05) is 0 Å². The van der Waals surface area contributed by atoms with Gasteiger partial charge in [0.05, 0.1) is 44.5 Å². The van der Waals surface area contributed by atoms with Crippen LogP contribution in [0.25, 0.3) is 0 Å². The number of pyridine rings is 4. The molecule has 4 N–H and O–H groups in total. The number of hydrogen-bond acceptors (Lipinski definition) is 14. The van der Waals surface area contributed by atoms with Gasteiger partial charge in [-0.3, -0.25) is 19.9 Å². The van der Waals surface area contributed by atoms with Crippen LogP contribution in [-0.4, -0.2) is 88.1 Å². The molecule has 0 aliphatic rings. The minimum absolute atomic E-state index is 0.343. The van der Waals surface area contributed by atoms with Crippen molar-refractivity contribution in [3.05, 3.63) is 117 Å². The highest BCUT2D eigenvalue weighted by Crippen LogP contribution is 2.16. The lowest BCUT2D eigenvalue weighted by Gasteiger charge is -2.08. The highest BCUT2D eigenvalue weighted by atomic mass is 16.6. The van der Waals surface area contributed by atoms with Crippen LogP contribution in [0.3, 0.4) is 0 Å². The lowest BCUT2D eigenvalue weighted by Crippen LogP contribution is -2.19. The van der Waals surface area contributed by atoms with Crippen LogP contribution < -0.4 is 0 Å². The average molecular weight is 661 g/mol. The van der Waals surface area contributed by atoms with Gasteiger partial charge >= 0.3 is 47.8 Å². The van der Waals surface area contributed by atoms with Gasteiger partial charge in [0.2, 0.25) is 0 Å². The Balaban J connectivity index is 0.000000261. The molecular weight excluding hydrogens is 640 g/mol. The predicted molar refractivity (Wildman–Crippen MR) is 154 cm³/mol. The van der Waals surface area contributed by atoms with Gasteiger partial charge in [-0.25, -0.2) is 38.4 Å². The molecular formula is C30H20N4O14. The van der Waals surface area contributed by atoms with Crippen molar-refractivity contribution in [2.75, 3.05) is 0 Å². The van der Waals surface area contributed by atoms with Gasteiger partial charge in [0.15, 0.2) is 0 Å². The Labute approximate surface area is 267 Å². The molecule has 4 heterocycles. The average Bonchev–Trinajstić information content (AvgIpc) is 3.04. The summed E-state index contributed by atoms with van der Waals surface area (Å²) in [6.07, 6.45) is 6.12. The molecule has 0 aliphatic carbocycles. The van der Waals surface area contributed by atoms with Gasteiger partial charge in [-0.05, 0) is 38.1 Å². The van der Waals surface area contributed by atoms with Crippen molar-refractivity contribution in [2.45, 2.75) is 13.8 Å². The van der Waals surface area contributed by atoms with Gasteiger partial charge in [-0.15, -0.1) is 0 Å². The molecule has 0 atom stereocenters. The van der Waals surface area contributed by atoms with Crippen LogP contribution in [0.5, 0.6) is 0 Å². The molecule has 4 aromatic rings. The highest BCUT2D eigenvalue weighted by Gasteiger charge is 2.26. The zero-order chi connectivity index (χ0) is 35.7. The summed E-state index contributed by atoms with van der Waals surface area (Å²) in [6.45, 7) is 3.05. The van der Waals surface area contributed by atoms with E-state index in [1.54, 1.807) is 0 Å². The Kier molecular flexibility index (Phi) is 11.1. The molecule has 0 spiro atoms.